The third-order valence-corrected chi connectivity index (χ3v) is 5.16. The molecule has 29 heavy (non-hydrogen) atoms. The number of hydrogen-bond donors (Lipinski definition) is 3. The van der Waals surface area contributed by atoms with Gasteiger partial charge in [-0.25, -0.2) is 9.07 Å². The van der Waals surface area contributed by atoms with Crippen molar-refractivity contribution >= 4 is 40.0 Å². The van der Waals surface area contributed by atoms with Gasteiger partial charge in [-0.15, -0.1) is 11.3 Å². The van der Waals surface area contributed by atoms with E-state index in [4.69, 9.17) is 0 Å². The van der Waals surface area contributed by atoms with Crippen LogP contribution in [-0.4, -0.2) is 38.3 Å². The average molecular weight is 412 g/mol. The summed E-state index contributed by atoms with van der Waals surface area (Å²) in [4.78, 5) is 24.7. The number of benzene rings is 1. The highest BCUT2D eigenvalue weighted by Gasteiger charge is 2.18. The van der Waals surface area contributed by atoms with E-state index in [0.717, 1.165) is 5.56 Å². The van der Waals surface area contributed by atoms with Crippen molar-refractivity contribution in [2.75, 3.05) is 11.9 Å². The van der Waals surface area contributed by atoms with Crippen molar-refractivity contribution < 1.29 is 14.0 Å². The summed E-state index contributed by atoms with van der Waals surface area (Å²) >= 11 is 1.30. The lowest BCUT2D eigenvalue weighted by Gasteiger charge is -2.04. The fraction of sp³-hybridized carbons (Fsp3) is 0.158. The van der Waals surface area contributed by atoms with Crippen LogP contribution >= 0.6 is 11.3 Å². The lowest BCUT2D eigenvalue weighted by molar-refractivity contribution is -0.115. The molecule has 0 aliphatic rings. The third-order valence-electron chi connectivity index (χ3n) is 4.29. The van der Waals surface area contributed by atoms with Gasteiger partial charge in [-0.05, 0) is 36.1 Å². The normalized spacial score (nSPS) is 11.0. The number of thiophene rings is 1. The Labute approximate surface area is 168 Å². The van der Waals surface area contributed by atoms with Crippen molar-refractivity contribution in [3.05, 3.63) is 63.7 Å². The van der Waals surface area contributed by atoms with Crippen LogP contribution in [-0.2, 0) is 11.3 Å². The fourth-order valence-electron chi connectivity index (χ4n) is 2.94. The number of H-pyrrole nitrogens is 1. The van der Waals surface area contributed by atoms with E-state index in [2.05, 4.69) is 25.9 Å². The van der Waals surface area contributed by atoms with Crippen LogP contribution in [0.3, 0.4) is 0 Å². The predicted molar refractivity (Wildman–Crippen MR) is 107 cm³/mol. The number of carbonyl (C=O) groups excluding carboxylic acids is 2. The van der Waals surface area contributed by atoms with E-state index in [1.165, 1.54) is 23.5 Å². The Balaban J connectivity index is 1.45. The quantitative estimate of drug-likeness (QED) is 0.453. The van der Waals surface area contributed by atoms with Gasteiger partial charge in [0.05, 0.1) is 29.0 Å². The van der Waals surface area contributed by atoms with Gasteiger partial charge in [0.1, 0.15) is 11.6 Å². The number of aromatic amines is 1. The maximum atomic E-state index is 13.1. The van der Waals surface area contributed by atoms with E-state index >= 15 is 0 Å². The fourth-order valence-corrected chi connectivity index (χ4v) is 3.58. The van der Waals surface area contributed by atoms with E-state index < -0.39 is 0 Å². The van der Waals surface area contributed by atoms with E-state index in [1.807, 2.05) is 6.92 Å². The largest absolute Gasteiger partial charge is 0.342 e. The molecular formula is C19H17FN6O2S. The number of rotatable bonds is 6. The van der Waals surface area contributed by atoms with Crippen molar-refractivity contribution in [3.63, 3.8) is 0 Å². The molecule has 0 unspecified atom stereocenters. The second-order valence-corrected chi connectivity index (χ2v) is 7.32. The molecule has 0 bridgehead atoms. The van der Waals surface area contributed by atoms with Crippen LogP contribution in [0.5, 0.6) is 0 Å². The van der Waals surface area contributed by atoms with Gasteiger partial charge in [-0.1, -0.05) is 18.2 Å². The Kier molecular flexibility index (Phi) is 5.09. The zero-order chi connectivity index (χ0) is 20.4. The molecule has 3 heterocycles. The molecule has 0 saturated carbocycles. The summed E-state index contributed by atoms with van der Waals surface area (Å²) in [5, 5.41) is 19.3. The van der Waals surface area contributed by atoms with Crippen molar-refractivity contribution in [1.29, 1.82) is 0 Å². The molecule has 0 fully saturated rings. The van der Waals surface area contributed by atoms with Crippen LogP contribution in [0.1, 0.15) is 20.9 Å². The molecular weight excluding hydrogens is 395 g/mol. The Bertz CT molecular complexity index is 1160. The van der Waals surface area contributed by atoms with Crippen molar-refractivity contribution in [1.82, 2.24) is 25.3 Å². The first-order valence-electron chi connectivity index (χ1n) is 8.79. The van der Waals surface area contributed by atoms with Gasteiger partial charge in [0.2, 0.25) is 5.91 Å². The molecule has 148 valence electrons. The Morgan fingerprint density at radius 2 is 2.03 bits per heavy atom. The summed E-state index contributed by atoms with van der Waals surface area (Å²) in [5.74, 6) is -0.566. The maximum Gasteiger partial charge on any atom is 0.261 e. The van der Waals surface area contributed by atoms with Gasteiger partial charge in [-0.3, -0.25) is 14.7 Å². The minimum Gasteiger partial charge on any atom is -0.342 e. The first kappa shape index (κ1) is 18.8. The van der Waals surface area contributed by atoms with E-state index in [0.29, 0.717) is 34.0 Å². The van der Waals surface area contributed by atoms with Gasteiger partial charge in [0, 0.05) is 0 Å². The summed E-state index contributed by atoms with van der Waals surface area (Å²) in [7, 11) is 0. The van der Waals surface area contributed by atoms with Crippen LogP contribution in [0, 0.1) is 12.7 Å². The predicted octanol–water partition coefficient (Wildman–Crippen LogP) is 2.69. The number of aromatic nitrogens is 4. The Morgan fingerprint density at radius 1 is 1.24 bits per heavy atom. The topological polar surface area (TPSA) is 105 Å². The van der Waals surface area contributed by atoms with Crippen LogP contribution in [0.2, 0.25) is 0 Å². The standard InChI is InChI=1S/C19H17FN6O2S/c1-11-16-17(22-15(27)9-21-19(28)14-3-2-8-29-14)23-24-18(16)26(25-11)10-12-4-6-13(20)7-5-12/h2-8H,9-10H2,1H3,(H,21,28)(H2,22,23,24,27). The van der Waals surface area contributed by atoms with Crippen LogP contribution in [0.25, 0.3) is 11.0 Å². The minimum atomic E-state index is -0.383. The highest BCUT2D eigenvalue weighted by atomic mass is 32.1. The molecule has 0 saturated heterocycles. The number of nitrogens with zero attached hydrogens (tertiary/aromatic N) is 3. The van der Waals surface area contributed by atoms with Gasteiger partial charge in [0.25, 0.3) is 5.91 Å². The number of anilines is 1. The number of nitrogens with one attached hydrogen (secondary N) is 3. The SMILES string of the molecule is Cc1nn(Cc2ccc(F)cc2)c2n[nH]c(NC(=O)CNC(=O)c3cccs3)c12. The second kappa shape index (κ2) is 7.84. The number of aryl methyl sites for hydroxylation is 1. The van der Waals surface area contributed by atoms with E-state index in [9.17, 15) is 14.0 Å². The molecule has 0 aliphatic heterocycles. The monoisotopic (exact) mass is 412 g/mol. The average Bonchev–Trinajstić information content (AvgIpc) is 3.42. The molecule has 10 heteroatoms. The molecule has 4 aromatic rings. The molecule has 4 rings (SSSR count). The first-order valence-corrected chi connectivity index (χ1v) is 9.66. The Hall–Kier alpha value is -3.53. The molecule has 0 radical (unpaired) electrons. The van der Waals surface area contributed by atoms with E-state index in [-0.39, 0.29) is 24.2 Å². The smallest absolute Gasteiger partial charge is 0.261 e. The molecule has 2 amide bonds. The molecule has 0 spiro atoms. The molecule has 0 aliphatic carbocycles. The summed E-state index contributed by atoms with van der Waals surface area (Å²) in [6.07, 6.45) is 0. The summed E-state index contributed by atoms with van der Waals surface area (Å²) in [5.41, 5.74) is 2.14. The van der Waals surface area contributed by atoms with Crippen molar-refractivity contribution in [3.8, 4) is 0 Å². The highest BCUT2D eigenvalue weighted by Crippen LogP contribution is 2.24. The molecule has 0 atom stereocenters. The number of amides is 2. The zero-order valence-electron chi connectivity index (χ0n) is 15.4. The maximum absolute atomic E-state index is 13.1. The molecule has 8 nitrogen and oxygen atoms in total. The third kappa shape index (κ3) is 4.02. The highest BCUT2D eigenvalue weighted by molar-refractivity contribution is 7.12. The second-order valence-electron chi connectivity index (χ2n) is 6.37. The van der Waals surface area contributed by atoms with Crippen molar-refractivity contribution in [2.45, 2.75) is 13.5 Å². The summed E-state index contributed by atoms with van der Waals surface area (Å²) < 4.78 is 14.8. The minimum absolute atomic E-state index is 0.167. The summed E-state index contributed by atoms with van der Waals surface area (Å²) in [6.45, 7) is 2.06. The first-order chi connectivity index (χ1) is 14.0. The van der Waals surface area contributed by atoms with Gasteiger partial charge < -0.3 is 10.6 Å². The number of halogens is 1. The number of hydrogen-bond acceptors (Lipinski definition) is 5. The van der Waals surface area contributed by atoms with Gasteiger partial charge in [-0.2, -0.15) is 10.2 Å². The van der Waals surface area contributed by atoms with E-state index in [1.54, 1.807) is 34.3 Å². The number of fused-ring (bicyclic) bond motifs is 1. The zero-order valence-corrected chi connectivity index (χ0v) is 16.2. The van der Waals surface area contributed by atoms with Crippen molar-refractivity contribution in [2.24, 2.45) is 0 Å². The van der Waals surface area contributed by atoms with Crippen LogP contribution in [0.4, 0.5) is 10.2 Å². The van der Waals surface area contributed by atoms with Crippen LogP contribution in [0.15, 0.2) is 41.8 Å². The summed E-state index contributed by atoms with van der Waals surface area (Å²) in [6, 6.07) is 9.61. The molecule has 1 aromatic carbocycles. The van der Waals surface area contributed by atoms with Gasteiger partial charge >= 0.3 is 0 Å². The lowest BCUT2D eigenvalue weighted by Crippen LogP contribution is -2.32. The van der Waals surface area contributed by atoms with Gasteiger partial charge in [0.15, 0.2) is 5.65 Å². The molecule has 3 N–H and O–H groups in total. The molecule has 3 aromatic heterocycles. The lowest BCUT2D eigenvalue weighted by atomic mass is 10.2. The Morgan fingerprint density at radius 3 is 2.76 bits per heavy atom. The van der Waals surface area contributed by atoms with Crippen LogP contribution < -0.4 is 10.6 Å². The number of carbonyl (C=O) groups is 2.